The molecule has 0 aliphatic rings. The molecule has 0 heterocycles. The summed E-state index contributed by atoms with van der Waals surface area (Å²) in [5.41, 5.74) is 7.29. The normalized spacial score (nSPS) is 10.2. The molecule has 5 nitrogen and oxygen atoms in total. The minimum Gasteiger partial charge on any atom is -0.478 e. The van der Waals surface area contributed by atoms with E-state index in [9.17, 15) is 4.79 Å². The lowest BCUT2D eigenvalue weighted by Crippen LogP contribution is -2.23. The van der Waals surface area contributed by atoms with E-state index in [0.29, 0.717) is 25.4 Å². The molecule has 17 heavy (non-hydrogen) atoms. The predicted molar refractivity (Wildman–Crippen MR) is 67.6 cm³/mol. The number of rotatable bonds is 6. The lowest BCUT2D eigenvalue weighted by atomic mass is 10.1. The summed E-state index contributed by atoms with van der Waals surface area (Å²) in [5.74, 6) is -0.972. The van der Waals surface area contributed by atoms with Crippen LogP contribution in [0.25, 0.3) is 0 Å². The molecule has 0 unspecified atom stereocenters. The van der Waals surface area contributed by atoms with Gasteiger partial charge in [0.15, 0.2) is 0 Å². The monoisotopic (exact) mass is 238 g/mol. The molecule has 0 spiro atoms. The maximum absolute atomic E-state index is 10.8. The van der Waals surface area contributed by atoms with Crippen molar-refractivity contribution in [3.63, 3.8) is 0 Å². The molecular formula is C12H18N2O3. The van der Waals surface area contributed by atoms with E-state index in [1.54, 1.807) is 12.1 Å². The van der Waals surface area contributed by atoms with Crippen molar-refractivity contribution < 1.29 is 14.6 Å². The van der Waals surface area contributed by atoms with Gasteiger partial charge >= 0.3 is 5.97 Å². The quantitative estimate of drug-likeness (QED) is 0.579. The number of nitrogens with two attached hydrogens (primary N) is 1. The van der Waals surface area contributed by atoms with Gasteiger partial charge in [0.25, 0.3) is 0 Å². The molecule has 0 saturated carbocycles. The Morgan fingerprint density at radius 2 is 2.24 bits per heavy atom. The molecule has 3 N–H and O–H groups in total. The first kappa shape index (κ1) is 13.3. The maximum atomic E-state index is 10.8. The average molecular weight is 238 g/mol. The Labute approximate surface area is 101 Å². The zero-order valence-corrected chi connectivity index (χ0v) is 10.1. The number of hydrogen-bond acceptors (Lipinski definition) is 4. The van der Waals surface area contributed by atoms with E-state index in [1.807, 2.05) is 18.9 Å². The fraction of sp³-hybridized carbons (Fsp3) is 0.417. The smallest absolute Gasteiger partial charge is 0.335 e. The molecule has 0 radical (unpaired) electrons. The molecular weight excluding hydrogens is 220 g/mol. The van der Waals surface area contributed by atoms with Gasteiger partial charge in [0.05, 0.1) is 23.5 Å². The van der Waals surface area contributed by atoms with Crippen molar-refractivity contribution in [3.8, 4) is 0 Å². The molecule has 0 aliphatic heterocycles. The Morgan fingerprint density at radius 1 is 1.53 bits per heavy atom. The van der Waals surface area contributed by atoms with Gasteiger partial charge in [-0.05, 0) is 25.1 Å². The third-order valence-electron chi connectivity index (χ3n) is 2.46. The number of hydrogen-bond donors (Lipinski definition) is 2. The van der Waals surface area contributed by atoms with E-state index < -0.39 is 5.97 Å². The van der Waals surface area contributed by atoms with Crippen LogP contribution in [0.5, 0.6) is 0 Å². The van der Waals surface area contributed by atoms with Gasteiger partial charge in [-0.25, -0.2) is 4.79 Å². The fourth-order valence-corrected chi connectivity index (χ4v) is 1.50. The van der Waals surface area contributed by atoms with Crippen LogP contribution in [0.2, 0.25) is 0 Å². The molecule has 1 aromatic carbocycles. The second-order valence-electron chi connectivity index (χ2n) is 3.70. The van der Waals surface area contributed by atoms with Crippen molar-refractivity contribution in [2.75, 3.05) is 37.4 Å². The van der Waals surface area contributed by atoms with Crippen LogP contribution in [0, 0.1) is 0 Å². The van der Waals surface area contributed by atoms with Gasteiger partial charge in [0, 0.05) is 20.2 Å². The van der Waals surface area contributed by atoms with Gasteiger partial charge in [-0.1, -0.05) is 0 Å². The number of carboxylic acid groups (broad SMARTS) is 1. The number of carboxylic acids is 1. The molecule has 0 fully saturated rings. The number of anilines is 2. The summed E-state index contributed by atoms with van der Waals surface area (Å²) in [4.78, 5) is 12.7. The lowest BCUT2D eigenvalue weighted by molar-refractivity contribution is 0.0697. The number of nitrogen functional groups attached to an aromatic ring is 1. The largest absolute Gasteiger partial charge is 0.478 e. The fourth-order valence-electron chi connectivity index (χ4n) is 1.50. The minimum atomic E-state index is -0.972. The highest BCUT2D eigenvalue weighted by molar-refractivity contribution is 5.90. The summed E-state index contributed by atoms with van der Waals surface area (Å²) in [5, 5.41) is 8.82. The molecule has 1 aromatic rings. The number of ether oxygens (including phenoxy) is 1. The molecule has 0 atom stereocenters. The van der Waals surface area contributed by atoms with Gasteiger partial charge in [-0.15, -0.1) is 0 Å². The maximum Gasteiger partial charge on any atom is 0.335 e. The lowest BCUT2D eigenvalue weighted by Gasteiger charge is -2.21. The van der Waals surface area contributed by atoms with Crippen LogP contribution >= 0.6 is 0 Å². The van der Waals surface area contributed by atoms with Crippen LogP contribution in [-0.4, -0.2) is 37.9 Å². The first-order chi connectivity index (χ1) is 8.06. The average Bonchev–Trinajstić information content (AvgIpc) is 2.28. The Hall–Kier alpha value is -1.75. The highest BCUT2D eigenvalue weighted by atomic mass is 16.5. The van der Waals surface area contributed by atoms with Gasteiger partial charge in [-0.3, -0.25) is 0 Å². The van der Waals surface area contributed by atoms with Gasteiger partial charge in [0.2, 0.25) is 0 Å². The molecule has 0 aromatic heterocycles. The zero-order valence-electron chi connectivity index (χ0n) is 10.1. The van der Waals surface area contributed by atoms with Gasteiger partial charge in [-0.2, -0.15) is 0 Å². The van der Waals surface area contributed by atoms with Crippen LogP contribution in [0.15, 0.2) is 18.2 Å². The van der Waals surface area contributed by atoms with Crippen molar-refractivity contribution in [2.24, 2.45) is 0 Å². The second-order valence-corrected chi connectivity index (χ2v) is 3.70. The van der Waals surface area contributed by atoms with E-state index in [2.05, 4.69) is 0 Å². The van der Waals surface area contributed by atoms with Crippen LogP contribution in [0.1, 0.15) is 17.3 Å². The topological polar surface area (TPSA) is 75.8 Å². The number of aromatic carboxylic acids is 1. The van der Waals surface area contributed by atoms with Gasteiger partial charge in [0.1, 0.15) is 0 Å². The molecule has 0 bridgehead atoms. The molecule has 0 saturated heterocycles. The van der Waals surface area contributed by atoms with Crippen molar-refractivity contribution >= 4 is 17.3 Å². The summed E-state index contributed by atoms with van der Waals surface area (Å²) in [7, 11) is 1.89. The SMILES string of the molecule is CCOCCN(C)c1ccc(C(=O)O)cc1N. The Kier molecular flexibility index (Phi) is 4.78. The van der Waals surface area contributed by atoms with E-state index in [4.69, 9.17) is 15.6 Å². The van der Waals surface area contributed by atoms with E-state index in [1.165, 1.54) is 6.07 Å². The molecule has 94 valence electrons. The van der Waals surface area contributed by atoms with Crippen LogP contribution in [-0.2, 0) is 4.74 Å². The highest BCUT2D eigenvalue weighted by Crippen LogP contribution is 2.23. The number of likely N-dealkylation sites (N-methyl/N-ethyl adjacent to an activating group) is 1. The third-order valence-corrected chi connectivity index (χ3v) is 2.46. The summed E-state index contributed by atoms with van der Waals surface area (Å²) in [6.07, 6.45) is 0. The van der Waals surface area contributed by atoms with Crippen LogP contribution in [0.3, 0.4) is 0 Å². The summed E-state index contributed by atoms with van der Waals surface area (Å²) >= 11 is 0. The Morgan fingerprint density at radius 3 is 2.76 bits per heavy atom. The summed E-state index contributed by atoms with van der Waals surface area (Å²) < 4.78 is 5.25. The second kappa shape index (κ2) is 6.10. The number of carbonyl (C=O) groups is 1. The predicted octanol–water partition coefficient (Wildman–Crippen LogP) is 1.44. The summed E-state index contributed by atoms with van der Waals surface area (Å²) in [6, 6.07) is 4.73. The third kappa shape index (κ3) is 3.64. The number of benzene rings is 1. The first-order valence-electron chi connectivity index (χ1n) is 5.48. The van der Waals surface area contributed by atoms with Crippen molar-refractivity contribution in [1.82, 2.24) is 0 Å². The first-order valence-corrected chi connectivity index (χ1v) is 5.48. The van der Waals surface area contributed by atoms with E-state index >= 15 is 0 Å². The Balaban J connectivity index is 2.74. The summed E-state index contributed by atoms with van der Waals surface area (Å²) in [6.45, 7) is 3.95. The zero-order chi connectivity index (χ0) is 12.8. The molecule has 0 amide bonds. The van der Waals surface area contributed by atoms with Crippen LogP contribution < -0.4 is 10.6 Å². The number of nitrogens with zero attached hydrogens (tertiary/aromatic N) is 1. The standard InChI is InChI=1S/C12H18N2O3/c1-3-17-7-6-14(2)11-5-4-9(12(15)16)8-10(11)13/h4-5,8H,3,6-7,13H2,1-2H3,(H,15,16). The van der Waals surface area contributed by atoms with Crippen molar-refractivity contribution in [2.45, 2.75) is 6.92 Å². The molecule has 1 rings (SSSR count). The van der Waals surface area contributed by atoms with Crippen LogP contribution in [0.4, 0.5) is 11.4 Å². The van der Waals surface area contributed by atoms with E-state index in [0.717, 1.165) is 5.69 Å². The molecule has 0 aliphatic carbocycles. The molecule has 5 heteroatoms. The van der Waals surface area contributed by atoms with Crippen molar-refractivity contribution in [3.05, 3.63) is 23.8 Å². The Bertz CT molecular complexity index is 393. The van der Waals surface area contributed by atoms with Crippen molar-refractivity contribution in [1.29, 1.82) is 0 Å². The highest BCUT2D eigenvalue weighted by Gasteiger charge is 2.09. The minimum absolute atomic E-state index is 0.199. The van der Waals surface area contributed by atoms with E-state index in [-0.39, 0.29) is 5.56 Å². The van der Waals surface area contributed by atoms with Gasteiger partial charge < -0.3 is 20.5 Å².